The first-order valence-corrected chi connectivity index (χ1v) is 6.40. The third-order valence-corrected chi connectivity index (χ3v) is 3.53. The first-order valence-electron chi connectivity index (χ1n) is 6.40. The molecule has 0 aliphatic carbocycles. The largest absolute Gasteiger partial charge is 0.465 e. The molecule has 0 saturated heterocycles. The minimum absolute atomic E-state index is 0.377. The van der Waals surface area contributed by atoms with Crippen LogP contribution in [0.1, 0.15) is 5.56 Å². The maximum absolute atomic E-state index is 11.6. The average Bonchev–Trinajstić information content (AvgIpc) is 2.52. The average molecular weight is 262 g/mol. The normalized spacial score (nSPS) is 10.7. The smallest absolute Gasteiger partial charge is 0.337 e. The second-order valence-corrected chi connectivity index (χ2v) is 4.69. The van der Waals surface area contributed by atoms with Gasteiger partial charge < -0.3 is 4.74 Å². The highest BCUT2D eigenvalue weighted by atomic mass is 16.5. The van der Waals surface area contributed by atoms with Gasteiger partial charge in [0, 0.05) is 0 Å². The molecular formula is C18H14O2. The van der Waals surface area contributed by atoms with E-state index in [9.17, 15) is 4.79 Å². The summed E-state index contributed by atoms with van der Waals surface area (Å²) in [5.74, 6) is -0.399. The standard InChI is InChI=1S/C18H14O2/c1-12(18(19)20-2)15-10-9-14-8-7-13-5-3-4-6-16(13)17(14)11-15/h3-11H,1H2,2H3. The molecule has 3 aromatic carbocycles. The van der Waals surface area contributed by atoms with Gasteiger partial charge in [0.2, 0.25) is 0 Å². The molecule has 20 heavy (non-hydrogen) atoms. The highest BCUT2D eigenvalue weighted by Gasteiger charge is 2.10. The molecule has 0 amide bonds. The van der Waals surface area contributed by atoms with Crippen LogP contribution < -0.4 is 0 Å². The van der Waals surface area contributed by atoms with E-state index in [0.29, 0.717) is 5.57 Å². The highest BCUT2D eigenvalue weighted by molar-refractivity contribution is 6.17. The van der Waals surface area contributed by atoms with E-state index in [4.69, 9.17) is 4.74 Å². The maximum atomic E-state index is 11.6. The lowest BCUT2D eigenvalue weighted by atomic mass is 9.98. The molecule has 0 aliphatic rings. The zero-order valence-corrected chi connectivity index (χ0v) is 11.2. The predicted octanol–water partition coefficient (Wildman–Crippen LogP) is 4.18. The molecule has 0 heterocycles. The van der Waals surface area contributed by atoms with Gasteiger partial charge in [0.1, 0.15) is 0 Å². The van der Waals surface area contributed by atoms with Crippen molar-refractivity contribution in [1.82, 2.24) is 0 Å². The van der Waals surface area contributed by atoms with Gasteiger partial charge in [-0.25, -0.2) is 4.79 Å². The quantitative estimate of drug-likeness (QED) is 0.393. The summed E-state index contributed by atoms with van der Waals surface area (Å²) in [5, 5.41) is 4.61. The summed E-state index contributed by atoms with van der Waals surface area (Å²) in [6.45, 7) is 3.81. The summed E-state index contributed by atoms with van der Waals surface area (Å²) in [6, 6.07) is 18.3. The number of rotatable bonds is 2. The molecule has 2 nitrogen and oxygen atoms in total. The van der Waals surface area contributed by atoms with Gasteiger partial charge in [-0.1, -0.05) is 55.1 Å². The third kappa shape index (κ3) is 1.95. The van der Waals surface area contributed by atoms with E-state index >= 15 is 0 Å². The number of hydrogen-bond donors (Lipinski definition) is 0. The maximum Gasteiger partial charge on any atom is 0.337 e. The molecule has 0 fully saturated rings. The lowest BCUT2D eigenvalue weighted by Crippen LogP contribution is -2.02. The van der Waals surface area contributed by atoms with Gasteiger partial charge in [-0.15, -0.1) is 0 Å². The summed E-state index contributed by atoms with van der Waals surface area (Å²) >= 11 is 0. The van der Waals surface area contributed by atoms with Crippen LogP contribution in [-0.4, -0.2) is 13.1 Å². The molecule has 0 atom stereocenters. The number of carbonyl (C=O) groups is 1. The Kier molecular flexibility index (Phi) is 2.99. The van der Waals surface area contributed by atoms with E-state index in [1.54, 1.807) is 0 Å². The summed E-state index contributed by atoms with van der Waals surface area (Å²) in [4.78, 5) is 11.6. The van der Waals surface area contributed by atoms with Crippen molar-refractivity contribution in [3.8, 4) is 0 Å². The molecule has 3 aromatic rings. The van der Waals surface area contributed by atoms with Crippen molar-refractivity contribution in [3.05, 3.63) is 66.7 Å². The molecule has 0 bridgehead atoms. The molecule has 3 rings (SSSR count). The summed E-state index contributed by atoms with van der Waals surface area (Å²) in [6.07, 6.45) is 0. The molecule has 0 spiro atoms. The highest BCUT2D eigenvalue weighted by Crippen LogP contribution is 2.28. The zero-order valence-electron chi connectivity index (χ0n) is 11.2. The van der Waals surface area contributed by atoms with Gasteiger partial charge in [0.05, 0.1) is 12.7 Å². The van der Waals surface area contributed by atoms with E-state index in [2.05, 4.69) is 30.8 Å². The first kappa shape index (κ1) is 12.4. The Hall–Kier alpha value is -2.61. The van der Waals surface area contributed by atoms with Crippen molar-refractivity contribution in [2.75, 3.05) is 7.11 Å². The Morgan fingerprint density at radius 3 is 2.35 bits per heavy atom. The molecule has 2 heteroatoms. The van der Waals surface area contributed by atoms with Crippen LogP contribution in [0.5, 0.6) is 0 Å². The monoisotopic (exact) mass is 262 g/mol. The molecule has 0 aliphatic heterocycles. The SMILES string of the molecule is C=C(C(=O)OC)c1ccc2ccc3ccccc3c2c1. The van der Waals surface area contributed by atoms with Gasteiger partial charge in [0.15, 0.2) is 0 Å². The minimum Gasteiger partial charge on any atom is -0.465 e. The molecule has 0 radical (unpaired) electrons. The summed E-state index contributed by atoms with van der Waals surface area (Å²) in [5.41, 5.74) is 1.17. The van der Waals surface area contributed by atoms with E-state index in [-0.39, 0.29) is 0 Å². The van der Waals surface area contributed by atoms with Crippen LogP contribution in [0.25, 0.3) is 27.1 Å². The van der Waals surface area contributed by atoms with Crippen molar-refractivity contribution >= 4 is 33.1 Å². The second-order valence-electron chi connectivity index (χ2n) is 4.69. The molecule has 0 saturated carbocycles. The lowest BCUT2D eigenvalue weighted by Gasteiger charge is -2.08. The number of fused-ring (bicyclic) bond motifs is 3. The number of carbonyl (C=O) groups excluding carboxylic acids is 1. The Bertz CT molecular complexity index is 831. The number of ether oxygens (including phenoxy) is 1. The van der Waals surface area contributed by atoms with Crippen molar-refractivity contribution in [3.63, 3.8) is 0 Å². The van der Waals surface area contributed by atoms with E-state index < -0.39 is 5.97 Å². The fourth-order valence-corrected chi connectivity index (χ4v) is 2.43. The molecule has 0 unspecified atom stereocenters. The predicted molar refractivity (Wildman–Crippen MR) is 82.5 cm³/mol. The van der Waals surface area contributed by atoms with Crippen LogP contribution in [0.3, 0.4) is 0 Å². The molecule has 0 aromatic heterocycles. The van der Waals surface area contributed by atoms with Crippen molar-refractivity contribution in [2.24, 2.45) is 0 Å². The second kappa shape index (κ2) is 4.82. The van der Waals surface area contributed by atoms with Gasteiger partial charge in [-0.05, 0) is 33.2 Å². The van der Waals surface area contributed by atoms with E-state index in [1.165, 1.54) is 17.9 Å². The molecular weight excluding hydrogens is 248 g/mol. The first-order chi connectivity index (χ1) is 9.70. The van der Waals surface area contributed by atoms with Crippen LogP contribution in [0, 0.1) is 0 Å². The van der Waals surface area contributed by atoms with Gasteiger partial charge >= 0.3 is 5.97 Å². The summed E-state index contributed by atoms with van der Waals surface area (Å²) < 4.78 is 4.73. The molecule has 0 N–H and O–H groups in total. The summed E-state index contributed by atoms with van der Waals surface area (Å²) in [7, 11) is 1.37. The van der Waals surface area contributed by atoms with Crippen molar-refractivity contribution < 1.29 is 9.53 Å². The van der Waals surface area contributed by atoms with Crippen LogP contribution in [-0.2, 0) is 9.53 Å². The zero-order chi connectivity index (χ0) is 14.1. The number of methoxy groups -OCH3 is 1. The van der Waals surface area contributed by atoms with Gasteiger partial charge in [-0.3, -0.25) is 0 Å². The van der Waals surface area contributed by atoms with E-state index in [1.807, 2.05) is 30.3 Å². The van der Waals surface area contributed by atoms with Crippen LogP contribution in [0.4, 0.5) is 0 Å². The van der Waals surface area contributed by atoms with Gasteiger partial charge in [-0.2, -0.15) is 0 Å². The van der Waals surface area contributed by atoms with E-state index in [0.717, 1.165) is 16.3 Å². The van der Waals surface area contributed by atoms with Gasteiger partial charge in [0.25, 0.3) is 0 Å². The Balaban J connectivity index is 2.26. The topological polar surface area (TPSA) is 26.3 Å². The fourth-order valence-electron chi connectivity index (χ4n) is 2.43. The van der Waals surface area contributed by atoms with Crippen LogP contribution in [0.15, 0.2) is 61.2 Å². The number of benzene rings is 3. The molecule has 98 valence electrons. The fraction of sp³-hybridized carbons (Fsp3) is 0.0556. The van der Waals surface area contributed by atoms with Crippen molar-refractivity contribution in [2.45, 2.75) is 0 Å². The lowest BCUT2D eigenvalue weighted by molar-refractivity contribution is -0.133. The Morgan fingerprint density at radius 2 is 1.60 bits per heavy atom. The van der Waals surface area contributed by atoms with Crippen LogP contribution >= 0.6 is 0 Å². The third-order valence-electron chi connectivity index (χ3n) is 3.53. The number of hydrogen-bond acceptors (Lipinski definition) is 2. The van der Waals surface area contributed by atoms with Crippen molar-refractivity contribution in [1.29, 1.82) is 0 Å². The van der Waals surface area contributed by atoms with Crippen LogP contribution in [0.2, 0.25) is 0 Å². The number of esters is 1. The Labute approximate surface area is 117 Å². The Morgan fingerprint density at radius 1 is 0.950 bits per heavy atom. The minimum atomic E-state index is -0.399.